The first kappa shape index (κ1) is 37.3. The summed E-state index contributed by atoms with van der Waals surface area (Å²) in [5.41, 5.74) is 5.42. The smallest absolute Gasteiger partial charge is 0.326 e. The second-order valence-electron chi connectivity index (χ2n) is 10.6. The maximum atomic E-state index is 12.2. The average molecular weight is 572 g/mol. The summed E-state index contributed by atoms with van der Waals surface area (Å²) in [4.78, 5) is 56.7. The molecule has 11 nitrogen and oxygen atoms in total. The van der Waals surface area contributed by atoms with Gasteiger partial charge < -0.3 is 31.7 Å². The van der Waals surface area contributed by atoms with Crippen LogP contribution >= 0.6 is 0 Å². The summed E-state index contributed by atoms with van der Waals surface area (Å²) in [5.74, 6) is -3.56. The van der Waals surface area contributed by atoms with Gasteiger partial charge in [-0.1, -0.05) is 77.0 Å². The van der Waals surface area contributed by atoms with Gasteiger partial charge >= 0.3 is 17.9 Å². The van der Waals surface area contributed by atoms with E-state index in [1.165, 1.54) is 44.9 Å². The van der Waals surface area contributed by atoms with Crippen molar-refractivity contribution in [2.75, 3.05) is 6.54 Å². The van der Waals surface area contributed by atoms with Gasteiger partial charge in [0.2, 0.25) is 11.8 Å². The lowest BCUT2D eigenvalue weighted by molar-refractivity contribution is -0.142. The van der Waals surface area contributed by atoms with Gasteiger partial charge in [-0.05, 0) is 38.5 Å². The standard InChI is InChI=1S/C29H53N3O8/c30-23(28(37)38)17-15-16-22-31-25(33)21-20-24(29(39)40)32-26(34)18-13-11-9-7-5-3-1-2-4-6-8-10-12-14-19-27(35)36/h23-24H,1-22,30H2,(H,31,33)(H,32,34)(H,35,36)(H,37,38)(H,39,40)/t23-,24-/m0/s1. The summed E-state index contributed by atoms with van der Waals surface area (Å²) >= 11 is 0. The van der Waals surface area contributed by atoms with E-state index >= 15 is 0 Å². The van der Waals surface area contributed by atoms with Crippen molar-refractivity contribution in [1.29, 1.82) is 0 Å². The Morgan fingerprint density at radius 1 is 0.525 bits per heavy atom. The molecule has 0 rings (SSSR count). The molecular weight excluding hydrogens is 518 g/mol. The number of carbonyl (C=O) groups is 5. The van der Waals surface area contributed by atoms with Gasteiger partial charge in [0.15, 0.2) is 0 Å². The Morgan fingerprint density at radius 2 is 1.00 bits per heavy atom. The minimum absolute atomic E-state index is 0.00356. The summed E-state index contributed by atoms with van der Waals surface area (Å²) < 4.78 is 0. The topological polar surface area (TPSA) is 196 Å². The van der Waals surface area contributed by atoms with Crippen molar-refractivity contribution in [2.45, 2.75) is 147 Å². The Labute approximate surface area is 239 Å². The van der Waals surface area contributed by atoms with Crippen molar-refractivity contribution in [3.63, 3.8) is 0 Å². The number of rotatable bonds is 28. The van der Waals surface area contributed by atoms with Crippen LogP contribution in [0.1, 0.15) is 135 Å². The Kier molecular flexibility index (Phi) is 23.6. The quantitative estimate of drug-likeness (QED) is 0.0739. The van der Waals surface area contributed by atoms with Gasteiger partial charge in [-0.2, -0.15) is 0 Å². The van der Waals surface area contributed by atoms with E-state index in [-0.39, 0.29) is 37.5 Å². The summed E-state index contributed by atoms with van der Waals surface area (Å²) in [6.45, 7) is 0.355. The highest BCUT2D eigenvalue weighted by atomic mass is 16.4. The first-order valence-corrected chi connectivity index (χ1v) is 15.1. The number of carboxylic acid groups (broad SMARTS) is 3. The third-order valence-electron chi connectivity index (χ3n) is 6.92. The fourth-order valence-corrected chi connectivity index (χ4v) is 4.41. The van der Waals surface area contributed by atoms with Crippen LogP contribution in [0.2, 0.25) is 0 Å². The van der Waals surface area contributed by atoms with E-state index in [4.69, 9.17) is 15.9 Å². The molecule has 0 spiro atoms. The number of aliphatic carboxylic acids is 3. The zero-order valence-corrected chi connectivity index (χ0v) is 24.2. The van der Waals surface area contributed by atoms with Gasteiger partial charge in [0, 0.05) is 25.8 Å². The molecule has 0 aliphatic carbocycles. The number of unbranched alkanes of at least 4 members (excludes halogenated alkanes) is 14. The zero-order chi connectivity index (χ0) is 30.0. The van der Waals surface area contributed by atoms with Crippen molar-refractivity contribution in [2.24, 2.45) is 5.73 Å². The van der Waals surface area contributed by atoms with E-state index in [1.54, 1.807) is 0 Å². The normalized spacial score (nSPS) is 12.4. The first-order valence-electron chi connectivity index (χ1n) is 15.1. The number of amides is 2. The van der Waals surface area contributed by atoms with E-state index in [2.05, 4.69) is 10.6 Å². The number of nitrogens with two attached hydrogens (primary N) is 1. The Balaban J connectivity index is 3.69. The van der Waals surface area contributed by atoms with E-state index in [0.717, 1.165) is 38.5 Å². The molecule has 0 fully saturated rings. The number of carboxylic acids is 3. The molecule has 0 radical (unpaired) electrons. The maximum Gasteiger partial charge on any atom is 0.326 e. The van der Waals surface area contributed by atoms with Crippen LogP contribution in [0.15, 0.2) is 0 Å². The van der Waals surface area contributed by atoms with Crippen LogP contribution in [-0.2, 0) is 24.0 Å². The molecule has 0 heterocycles. The monoisotopic (exact) mass is 571 g/mol. The first-order chi connectivity index (χ1) is 19.1. The van der Waals surface area contributed by atoms with Crippen LogP contribution in [0.25, 0.3) is 0 Å². The maximum absolute atomic E-state index is 12.2. The zero-order valence-electron chi connectivity index (χ0n) is 24.2. The second-order valence-corrected chi connectivity index (χ2v) is 10.6. The summed E-state index contributed by atoms with van der Waals surface area (Å²) in [6, 6.07) is -2.02. The van der Waals surface area contributed by atoms with Crippen molar-refractivity contribution in [3.05, 3.63) is 0 Å². The van der Waals surface area contributed by atoms with Gasteiger partial charge in [0.25, 0.3) is 0 Å². The number of carbonyl (C=O) groups excluding carboxylic acids is 2. The van der Waals surface area contributed by atoms with Gasteiger partial charge in [-0.3, -0.25) is 19.2 Å². The molecule has 0 aromatic rings. The van der Waals surface area contributed by atoms with Gasteiger partial charge in [0.1, 0.15) is 12.1 Å². The SMILES string of the molecule is N[C@@H](CCCCNC(=O)CC[C@H](NC(=O)CCCCCCCCCCCCCCCCC(=O)O)C(=O)O)C(=O)O. The highest BCUT2D eigenvalue weighted by Gasteiger charge is 2.20. The molecular formula is C29H53N3O8. The van der Waals surface area contributed by atoms with E-state index < -0.39 is 30.0 Å². The Bertz CT molecular complexity index is 732. The van der Waals surface area contributed by atoms with Crippen molar-refractivity contribution < 1.29 is 39.3 Å². The molecule has 40 heavy (non-hydrogen) atoms. The van der Waals surface area contributed by atoms with E-state index in [1.807, 2.05) is 0 Å². The summed E-state index contributed by atoms with van der Waals surface area (Å²) in [5, 5.41) is 31.9. The molecule has 0 aromatic carbocycles. The molecule has 2 amide bonds. The van der Waals surface area contributed by atoms with Crippen LogP contribution in [-0.4, -0.2) is 63.7 Å². The van der Waals surface area contributed by atoms with Crippen molar-refractivity contribution in [1.82, 2.24) is 10.6 Å². The summed E-state index contributed by atoms with van der Waals surface area (Å²) in [6.07, 6.45) is 17.2. The molecule has 0 saturated carbocycles. The number of nitrogens with one attached hydrogen (secondary N) is 2. The summed E-state index contributed by atoms with van der Waals surface area (Å²) in [7, 11) is 0. The van der Waals surface area contributed by atoms with E-state index in [0.29, 0.717) is 32.2 Å². The molecule has 0 aliphatic rings. The lowest BCUT2D eigenvalue weighted by atomic mass is 10.0. The molecule has 0 aromatic heterocycles. The fourth-order valence-electron chi connectivity index (χ4n) is 4.41. The van der Waals surface area contributed by atoms with Crippen LogP contribution < -0.4 is 16.4 Å². The fraction of sp³-hybridized carbons (Fsp3) is 0.828. The third kappa shape index (κ3) is 24.4. The molecule has 0 saturated heterocycles. The van der Waals surface area contributed by atoms with Gasteiger partial charge in [-0.15, -0.1) is 0 Å². The average Bonchev–Trinajstić information content (AvgIpc) is 2.89. The lowest BCUT2D eigenvalue weighted by Gasteiger charge is -2.14. The highest BCUT2D eigenvalue weighted by Crippen LogP contribution is 2.14. The lowest BCUT2D eigenvalue weighted by Crippen LogP contribution is -2.41. The van der Waals surface area contributed by atoms with E-state index in [9.17, 15) is 29.1 Å². The predicted octanol–water partition coefficient (Wildman–Crippen LogP) is 4.36. The van der Waals surface area contributed by atoms with Crippen LogP contribution in [0.5, 0.6) is 0 Å². The number of hydrogen-bond donors (Lipinski definition) is 6. The third-order valence-corrected chi connectivity index (χ3v) is 6.92. The molecule has 2 atom stereocenters. The van der Waals surface area contributed by atoms with Crippen molar-refractivity contribution in [3.8, 4) is 0 Å². The van der Waals surface area contributed by atoms with Crippen molar-refractivity contribution >= 4 is 29.7 Å². The second kappa shape index (κ2) is 25.3. The molecule has 232 valence electrons. The van der Waals surface area contributed by atoms with Crippen LogP contribution in [0.3, 0.4) is 0 Å². The molecule has 0 unspecified atom stereocenters. The van der Waals surface area contributed by atoms with Crippen LogP contribution in [0, 0.1) is 0 Å². The predicted molar refractivity (Wildman–Crippen MR) is 153 cm³/mol. The Morgan fingerprint density at radius 3 is 1.45 bits per heavy atom. The molecule has 0 aliphatic heterocycles. The van der Waals surface area contributed by atoms with Gasteiger partial charge in [-0.25, -0.2) is 4.79 Å². The molecule has 0 bridgehead atoms. The minimum atomic E-state index is -1.17. The minimum Gasteiger partial charge on any atom is -0.481 e. The Hall–Kier alpha value is -2.69. The molecule has 7 N–H and O–H groups in total. The molecule has 11 heteroatoms. The highest BCUT2D eigenvalue weighted by molar-refractivity contribution is 5.84. The van der Waals surface area contributed by atoms with Gasteiger partial charge in [0.05, 0.1) is 0 Å². The van der Waals surface area contributed by atoms with Crippen LogP contribution in [0.4, 0.5) is 0 Å². The largest absolute Gasteiger partial charge is 0.481 e. The number of hydrogen-bond acceptors (Lipinski definition) is 6.